The Bertz CT molecular complexity index is 1260. The third-order valence-electron chi connectivity index (χ3n) is 9.11. The van der Waals surface area contributed by atoms with E-state index in [-0.39, 0.29) is 23.5 Å². The van der Waals surface area contributed by atoms with E-state index < -0.39 is 0 Å². The van der Waals surface area contributed by atoms with Gasteiger partial charge in [-0.15, -0.1) is 0 Å². The number of benzene rings is 1. The van der Waals surface area contributed by atoms with Crippen molar-refractivity contribution in [2.24, 2.45) is 5.92 Å². The molecule has 3 aliphatic rings. The molecule has 0 radical (unpaired) electrons. The summed E-state index contributed by atoms with van der Waals surface area (Å²) in [5.74, 6) is 0.592. The molecule has 0 saturated carbocycles. The number of likely N-dealkylation sites (tertiary alicyclic amines) is 1. The van der Waals surface area contributed by atoms with Gasteiger partial charge in [-0.05, 0) is 119 Å². The summed E-state index contributed by atoms with van der Waals surface area (Å²) in [7, 11) is 0. The van der Waals surface area contributed by atoms with Gasteiger partial charge >= 0.3 is 6.03 Å². The molecule has 2 fully saturated rings. The number of allylic oxidation sites excluding steroid dienone is 5. The van der Waals surface area contributed by atoms with Gasteiger partial charge in [-0.1, -0.05) is 46.1 Å². The van der Waals surface area contributed by atoms with Gasteiger partial charge in [0.05, 0.1) is 6.04 Å². The number of halogens is 2. The largest absolute Gasteiger partial charge is 0.340 e. The number of carbonyl (C=O) groups is 2. The minimum atomic E-state index is -0.244. The molecule has 1 N–H and O–H groups in total. The summed E-state index contributed by atoms with van der Waals surface area (Å²) in [5, 5.41) is 3.84. The molecule has 1 aromatic rings. The quantitative estimate of drug-likeness (QED) is 0.311. The van der Waals surface area contributed by atoms with Crippen LogP contribution in [0.15, 0.2) is 51.6 Å². The number of carbonyl (C=O) groups excluding carboxylic acids is 2. The fourth-order valence-electron chi connectivity index (χ4n) is 6.48. The van der Waals surface area contributed by atoms with Crippen LogP contribution in [0.5, 0.6) is 0 Å². The molecule has 8 heteroatoms. The number of nitrogens with zero attached hydrogens (tertiary/aromatic N) is 3. The second-order valence-corrected chi connectivity index (χ2v) is 14.9. The van der Waals surface area contributed by atoms with Crippen LogP contribution in [-0.4, -0.2) is 71.4 Å². The Morgan fingerprint density at radius 3 is 2.35 bits per heavy atom. The number of hydrogen-bond donors (Lipinski definition) is 1. The maximum absolute atomic E-state index is 13.4. The maximum Gasteiger partial charge on any atom is 0.317 e. The van der Waals surface area contributed by atoms with Gasteiger partial charge in [0.15, 0.2) is 0 Å². The van der Waals surface area contributed by atoms with Gasteiger partial charge in [0, 0.05) is 60.7 Å². The van der Waals surface area contributed by atoms with Gasteiger partial charge < -0.3 is 15.1 Å². The fraction of sp³-hybridized carbons (Fsp3) is 0.600. The van der Waals surface area contributed by atoms with E-state index in [2.05, 4.69) is 76.1 Å². The molecule has 2 heterocycles. The number of hydrogen-bond acceptors (Lipinski definition) is 3. The highest BCUT2D eigenvalue weighted by Gasteiger charge is 2.33. The van der Waals surface area contributed by atoms with E-state index in [1.807, 2.05) is 31.7 Å². The Labute approximate surface area is 272 Å². The first kappa shape index (κ1) is 33.8. The van der Waals surface area contributed by atoms with Gasteiger partial charge in [-0.3, -0.25) is 9.69 Å². The van der Waals surface area contributed by atoms with Crippen molar-refractivity contribution >= 4 is 39.5 Å². The maximum atomic E-state index is 13.4. The monoisotopic (exact) mass is 672 g/mol. The third kappa shape index (κ3) is 9.21. The van der Waals surface area contributed by atoms with E-state index in [4.69, 9.17) is 11.6 Å². The average molecular weight is 674 g/mol. The molecule has 1 aliphatic carbocycles. The van der Waals surface area contributed by atoms with Crippen molar-refractivity contribution in [1.29, 1.82) is 0 Å². The second kappa shape index (κ2) is 14.8. The van der Waals surface area contributed by atoms with Gasteiger partial charge in [0.25, 0.3) is 0 Å². The number of fused-ring (bicyclic) bond motifs is 1. The zero-order chi connectivity index (χ0) is 31.3. The first-order valence-electron chi connectivity index (χ1n) is 16.0. The minimum Gasteiger partial charge on any atom is -0.340 e. The summed E-state index contributed by atoms with van der Waals surface area (Å²) >= 11 is 10.3. The SMILES string of the molecule is CC/C(C)=C/C(Br)=C\C1=C(C)C(N2CCN(C(=O)CC3CCN(C(=O)NC(C)(C)C)CC3)CC2)c2ccc(Cl)cc2CC1. The lowest BCUT2D eigenvalue weighted by atomic mass is 9.92. The van der Waals surface area contributed by atoms with Gasteiger partial charge in [-0.2, -0.15) is 0 Å². The van der Waals surface area contributed by atoms with Crippen molar-refractivity contribution in [2.75, 3.05) is 39.3 Å². The van der Waals surface area contributed by atoms with E-state index in [0.717, 1.165) is 67.8 Å². The standard InChI is InChI=1S/C35H50BrClN4O2/c1-7-24(2)20-29(36)22-27-8-9-28-23-30(37)10-11-31(28)33(25(27)3)40-18-16-39(17-19-40)32(42)21-26-12-14-41(15-13-26)34(43)38-35(4,5)6/h10-11,20,22-23,26,33H,7-9,12-19,21H2,1-6H3,(H,38,43)/b24-20+,29-22+. The lowest BCUT2D eigenvalue weighted by Crippen LogP contribution is -2.52. The molecule has 2 aliphatic heterocycles. The zero-order valence-electron chi connectivity index (χ0n) is 26.9. The number of rotatable bonds is 6. The molecule has 0 spiro atoms. The van der Waals surface area contributed by atoms with Crippen molar-refractivity contribution < 1.29 is 9.59 Å². The molecule has 1 aromatic carbocycles. The van der Waals surface area contributed by atoms with Crippen LogP contribution in [0.25, 0.3) is 0 Å². The average Bonchev–Trinajstić information content (AvgIpc) is 3.08. The van der Waals surface area contributed by atoms with E-state index in [9.17, 15) is 9.59 Å². The summed E-state index contributed by atoms with van der Waals surface area (Å²) in [4.78, 5) is 32.4. The van der Waals surface area contributed by atoms with Crippen LogP contribution < -0.4 is 5.32 Å². The number of piperazine rings is 1. The lowest BCUT2D eigenvalue weighted by Gasteiger charge is -2.41. The fourth-order valence-corrected chi connectivity index (χ4v) is 7.34. The Kier molecular flexibility index (Phi) is 11.6. The topological polar surface area (TPSA) is 55.9 Å². The minimum absolute atomic E-state index is 0.00126. The molecular weight excluding hydrogens is 624 g/mol. The summed E-state index contributed by atoms with van der Waals surface area (Å²) in [6, 6.07) is 6.53. The summed E-state index contributed by atoms with van der Waals surface area (Å²) in [5.41, 5.74) is 6.50. The Morgan fingerprint density at radius 1 is 1.05 bits per heavy atom. The highest BCUT2D eigenvalue weighted by Crippen LogP contribution is 2.39. The first-order valence-corrected chi connectivity index (χ1v) is 17.1. The number of aryl methyl sites for hydroxylation is 1. The van der Waals surface area contributed by atoms with Crippen LogP contribution in [0.2, 0.25) is 5.02 Å². The van der Waals surface area contributed by atoms with E-state index in [0.29, 0.717) is 25.4 Å². The van der Waals surface area contributed by atoms with Crippen molar-refractivity contribution in [3.63, 3.8) is 0 Å². The molecule has 236 valence electrons. The number of urea groups is 1. The second-order valence-electron chi connectivity index (χ2n) is 13.6. The molecule has 1 atom stereocenters. The van der Waals surface area contributed by atoms with E-state index in [1.54, 1.807) is 0 Å². The van der Waals surface area contributed by atoms with Crippen LogP contribution in [0.1, 0.15) is 90.8 Å². The van der Waals surface area contributed by atoms with Crippen molar-refractivity contribution in [3.05, 3.63) is 67.7 Å². The van der Waals surface area contributed by atoms with Crippen LogP contribution in [0.4, 0.5) is 4.79 Å². The molecule has 2 saturated heterocycles. The molecule has 1 unspecified atom stereocenters. The molecular formula is C35H50BrClN4O2. The molecule has 3 amide bonds. The predicted octanol–water partition coefficient (Wildman–Crippen LogP) is 8.03. The van der Waals surface area contributed by atoms with Crippen molar-refractivity contribution in [1.82, 2.24) is 20.0 Å². The Balaban J connectivity index is 1.41. The zero-order valence-corrected chi connectivity index (χ0v) is 29.3. The molecule has 4 rings (SSSR count). The van der Waals surface area contributed by atoms with Crippen LogP contribution in [0, 0.1) is 5.92 Å². The molecule has 43 heavy (non-hydrogen) atoms. The summed E-state index contributed by atoms with van der Waals surface area (Å²) in [6.45, 7) is 17.2. The van der Waals surface area contributed by atoms with Crippen LogP contribution in [0.3, 0.4) is 0 Å². The first-order chi connectivity index (χ1) is 20.3. The highest BCUT2D eigenvalue weighted by molar-refractivity contribution is 9.11. The third-order valence-corrected chi connectivity index (χ3v) is 9.81. The van der Waals surface area contributed by atoms with Gasteiger partial charge in [-0.25, -0.2) is 4.79 Å². The summed E-state index contributed by atoms with van der Waals surface area (Å²) in [6.07, 6.45) is 9.82. The van der Waals surface area contributed by atoms with Gasteiger partial charge in [0.1, 0.15) is 0 Å². The van der Waals surface area contributed by atoms with Gasteiger partial charge in [0.2, 0.25) is 5.91 Å². The van der Waals surface area contributed by atoms with Crippen molar-refractivity contribution in [2.45, 2.75) is 91.6 Å². The number of nitrogens with one attached hydrogen (secondary N) is 1. The smallest absolute Gasteiger partial charge is 0.317 e. The molecule has 6 nitrogen and oxygen atoms in total. The van der Waals surface area contributed by atoms with Crippen LogP contribution in [-0.2, 0) is 11.2 Å². The Morgan fingerprint density at radius 2 is 1.72 bits per heavy atom. The predicted molar refractivity (Wildman–Crippen MR) is 182 cm³/mol. The van der Waals surface area contributed by atoms with Crippen molar-refractivity contribution in [3.8, 4) is 0 Å². The van der Waals surface area contributed by atoms with E-state index >= 15 is 0 Å². The number of amides is 3. The van der Waals surface area contributed by atoms with E-state index in [1.165, 1.54) is 27.8 Å². The summed E-state index contributed by atoms with van der Waals surface area (Å²) < 4.78 is 1.11. The Hall–Kier alpha value is -2.09. The normalized spacial score (nSPS) is 21.5. The highest BCUT2D eigenvalue weighted by atomic mass is 79.9. The van der Waals surface area contributed by atoms with Crippen LogP contribution >= 0.6 is 27.5 Å². The molecule has 0 bridgehead atoms. The lowest BCUT2D eigenvalue weighted by molar-refractivity contribution is -0.134. The molecule has 0 aromatic heterocycles. The number of piperidine rings is 1.